The van der Waals surface area contributed by atoms with Crippen molar-refractivity contribution < 1.29 is 17.6 Å². The second-order valence-electron chi connectivity index (χ2n) is 7.89. The fourth-order valence-corrected chi connectivity index (χ4v) is 3.42. The van der Waals surface area contributed by atoms with Gasteiger partial charge in [0.15, 0.2) is 5.65 Å². The number of hydrogen-bond donors (Lipinski definition) is 2. The lowest BCUT2D eigenvalue weighted by Crippen LogP contribution is -2.22. The molecule has 2 heterocycles. The molecule has 0 amide bonds. The number of fused-ring (bicyclic) bond motifs is 1. The average molecular weight is 395 g/mol. The maximum absolute atomic E-state index is 14.2. The number of halogens is 4. The van der Waals surface area contributed by atoms with Crippen LogP contribution in [0.3, 0.4) is 0 Å². The van der Waals surface area contributed by atoms with E-state index in [0.29, 0.717) is 28.4 Å². The van der Waals surface area contributed by atoms with E-state index in [1.807, 2.05) is 20.8 Å². The Bertz CT molecular complexity index is 1050. The van der Waals surface area contributed by atoms with E-state index < -0.39 is 28.9 Å². The summed E-state index contributed by atoms with van der Waals surface area (Å²) in [7, 11) is 0. The monoisotopic (exact) mass is 395 g/mol. The lowest BCUT2D eigenvalue weighted by Gasteiger charge is -2.30. The molecule has 0 spiro atoms. The first-order valence-electron chi connectivity index (χ1n) is 8.58. The fourth-order valence-electron chi connectivity index (χ4n) is 3.42. The molecule has 0 saturated heterocycles. The van der Waals surface area contributed by atoms with Gasteiger partial charge in [-0.1, -0.05) is 26.8 Å². The van der Waals surface area contributed by atoms with Crippen molar-refractivity contribution in [3.8, 4) is 0 Å². The van der Waals surface area contributed by atoms with Crippen molar-refractivity contribution in [3.05, 3.63) is 52.6 Å². The summed E-state index contributed by atoms with van der Waals surface area (Å²) in [6.45, 7) is 7.38. The van der Waals surface area contributed by atoms with Crippen LogP contribution in [-0.4, -0.2) is 14.6 Å². The molecular weight excluding hydrogens is 374 g/mol. The summed E-state index contributed by atoms with van der Waals surface area (Å²) in [5.41, 5.74) is 12.4. The zero-order chi connectivity index (χ0) is 21.0. The summed E-state index contributed by atoms with van der Waals surface area (Å²) in [6.07, 6.45) is -4.77. The van der Waals surface area contributed by atoms with Crippen molar-refractivity contribution in [2.24, 2.45) is 5.41 Å². The van der Waals surface area contributed by atoms with Gasteiger partial charge in [-0.05, 0) is 30.0 Å². The van der Waals surface area contributed by atoms with Gasteiger partial charge in [-0.3, -0.25) is 0 Å². The lowest BCUT2D eigenvalue weighted by molar-refractivity contribution is -0.140. The smallest absolute Gasteiger partial charge is 0.394 e. The van der Waals surface area contributed by atoms with E-state index in [4.69, 9.17) is 11.5 Å². The molecule has 3 aromatic rings. The van der Waals surface area contributed by atoms with Gasteiger partial charge in [0.25, 0.3) is 0 Å². The zero-order valence-corrected chi connectivity index (χ0v) is 15.9. The normalized spacial score (nSPS) is 13.9. The number of hydrogen-bond acceptors (Lipinski definition) is 4. The second kappa shape index (κ2) is 6.35. The zero-order valence-electron chi connectivity index (χ0n) is 15.9. The molecule has 0 bridgehead atoms. The quantitative estimate of drug-likeness (QED) is 0.624. The van der Waals surface area contributed by atoms with Gasteiger partial charge in [-0.2, -0.15) is 22.8 Å². The van der Waals surface area contributed by atoms with Crippen LogP contribution < -0.4 is 11.5 Å². The van der Waals surface area contributed by atoms with E-state index in [2.05, 4.69) is 10.1 Å². The van der Waals surface area contributed by atoms with E-state index in [1.165, 1.54) is 10.6 Å². The van der Waals surface area contributed by atoms with Crippen molar-refractivity contribution in [1.29, 1.82) is 0 Å². The third kappa shape index (κ3) is 3.36. The molecule has 0 aliphatic rings. The number of anilines is 2. The van der Waals surface area contributed by atoms with Crippen LogP contribution in [0.4, 0.5) is 29.1 Å². The first-order valence-corrected chi connectivity index (χ1v) is 8.58. The van der Waals surface area contributed by atoms with E-state index in [1.54, 1.807) is 13.0 Å². The molecule has 0 saturated carbocycles. The maximum Gasteiger partial charge on any atom is 0.419 e. The van der Waals surface area contributed by atoms with Crippen molar-refractivity contribution in [1.82, 2.24) is 14.6 Å². The lowest BCUT2D eigenvalue weighted by atomic mass is 9.74. The van der Waals surface area contributed by atoms with Crippen LogP contribution in [0.15, 0.2) is 24.3 Å². The number of aryl methyl sites for hydroxylation is 1. The highest BCUT2D eigenvalue weighted by Crippen LogP contribution is 2.44. The Hall–Kier alpha value is -2.84. The van der Waals surface area contributed by atoms with Crippen LogP contribution in [0.25, 0.3) is 5.65 Å². The Balaban J connectivity index is 2.23. The number of benzene rings is 1. The predicted octanol–water partition coefficient (Wildman–Crippen LogP) is 4.54. The van der Waals surface area contributed by atoms with Crippen molar-refractivity contribution >= 4 is 17.2 Å². The van der Waals surface area contributed by atoms with Crippen LogP contribution >= 0.6 is 0 Å². The SMILES string of the molecule is Cc1cc(N)n2nc([C@@H](c3ccc(C(F)(F)F)c(F)c3)C(C)(C)C)c(N)c2n1. The standard InChI is InChI=1S/C19H21F4N5/c1-9-7-13(24)28-17(26-9)15(25)16(27-28)14(18(2,3)4)10-5-6-11(12(20)8-10)19(21,22)23/h5-8,14H,24-25H2,1-4H3/t14-/m1/s1. The number of alkyl halides is 3. The van der Waals surface area contributed by atoms with Gasteiger partial charge in [0.05, 0.1) is 11.3 Å². The molecule has 0 unspecified atom stereocenters. The van der Waals surface area contributed by atoms with Crippen LogP contribution in [0.1, 0.15) is 49.2 Å². The minimum Gasteiger partial charge on any atom is -0.394 e. The molecule has 5 nitrogen and oxygen atoms in total. The largest absolute Gasteiger partial charge is 0.419 e. The van der Waals surface area contributed by atoms with Gasteiger partial charge in [0.1, 0.15) is 17.3 Å². The van der Waals surface area contributed by atoms with Crippen LogP contribution in [-0.2, 0) is 6.18 Å². The predicted molar refractivity (Wildman–Crippen MR) is 99.2 cm³/mol. The maximum atomic E-state index is 14.2. The van der Waals surface area contributed by atoms with Gasteiger partial charge < -0.3 is 11.5 Å². The highest BCUT2D eigenvalue weighted by molar-refractivity contribution is 5.71. The van der Waals surface area contributed by atoms with Gasteiger partial charge in [-0.25, -0.2) is 9.37 Å². The third-order valence-corrected chi connectivity index (χ3v) is 4.58. The molecular formula is C19H21F4N5. The third-order valence-electron chi connectivity index (χ3n) is 4.58. The summed E-state index contributed by atoms with van der Waals surface area (Å²) in [5, 5.41) is 4.46. The fraction of sp³-hybridized carbons (Fsp3) is 0.368. The summed E-state index contributed by atoms with van der Waals surface area (Å²) in [6, 6.07) is 4.52. The molecule has 9 heteroatoms. The minimum absolute atomic E-state index is 0.260. The number of aromatic nitrogens is 3. The molecule has 0 aliphatic heterocycles. The second-order valence-corrected chi connectivity index (χ2v) is 7.89. The average Bonchev–Trinajstić information content (AvgIpc) is 2.83. The molecule has 3 rings (SSSR count). The molecule has 150 valence electrons. The highest BCUT2D eigenvalue weighted by Gasteiger charge is 2.37. The van der Waals surface area contributed by atoms with Crippen molar-refractivity contribution in [3.63, 3.8) is 0 Å². The number of nitrogens with two attached hydrogens (primary N) is 2. The number of rotatable bonds is 2. The Labute approximate surface area is 159 Å². The van der Waals surface area contributed by atoms with Crippen molar-refractivity contribution in [2.45, 2.75) is 39.8 Å². The van der Waals surface area contributed by atoms with E-state index in [-0.39, 0.29) is 5.69 Å². The highest BCUT2D eigenvalue weighted by atomic mass is 19.4. The molecule has 28 heavy (non-hydrogen) atoms. The first-order chi connectivity index (χ1) is 12.8. The van der Waals surface area contributed by atoms with Crippen LogP contribution in [0.5, 0.6) is 0 Å². The Kier molecular flexibility index (Phi) is 4.52. The molecule has 2 aromatic heterocycles. The van der Waals surface area contributed by atoms with Gasteiger partial charge in [0, 0.05) is 17.7 Å². The topological polar surface area (TPSA) is 82.2 Å². The van der Waals surface area contributed by atoms with Gasteiger partial charge in [-0.15, -0.1) is 0 Å². The molecule has 1 aromatic carbocycles. The van der Waals surface area contributed by atoms with E-state index in [0.717, 1.165) is 12.1 Å². The number of nitrogens with zero attached hydrogens (tertiary/aromatic N) is 3. The summed E-state index contributed by atoms with van der Waals surface area (Å²) in [4.78, 5) is 4.35. The number of nitrogen functional groups attached to an aromatic ring is 2. The first kappa shape index (κ1) is 19.9. The van der Waals surface area contributed by atoms with E-state index >= 15 is 0 Å². The Morgan fingerprint density at radius 2 is 1.71 bits per heavy atom. The van der Waals surface area contributed by atoms with Crippen LogP contribution in [0.2, 0.25) is 0 Å². The van der Waals surface area contributed by atoms with Crippen LogP contribution in [0, 0.1) is 18.2 Å². The summed E-state index contributed by atoms with van der Waals surface area (Å²) < 4.78 is 54.4. The minimum atomic E-state index is -4.77. The summed E-state index contributed by atoms with van der Waals surface area (Å²) in [5.74, 6) is -1.59. The Morgan fingerprint density at radius 3 is 2.25 bits per heavy atom. The molecule has 0 fully saturated rings. The molecule has 4 N–H and O–H groups in total. The Morgan fingerprint density at radius 1 is 1.07 bits per heavy atom. The summed E-state index contributed by atoms with van der Waals surface area (Å²) >= 11 is 0. The van der Waals surface area contributed by atoms with Crippen molar-refractivity contribution in [2.75, 3.05) is 11.5 Å². The van der Waals surface area contributed by atoms with Gasteiger partial charge in [0.2, 0.25) is 0 Å². The molecule has 0 radical (unpaired) electrons. The van der Waals surface area contributed by atoms with E-state index in [9.17, 15) is 17.6 Å². The molecule has 0 aliphatic carbocycles. The molecule has 1 atom stereocenters. The van der Waals surface area contributed by atoms with Gasteiger partial charge >= 0.3 is 6.18 Å².